The van der Waals surface area contributed by atoms with Crippen molar-refractivity contribution in [3.63, 3.8) is 0 Å². The zero-order chi connectivity index (χ0) is 14.1. The van der Waals surface area contributed by atoms with Gasteiger partial charge in [-0.15, -0.1) is 0 Å². The second-order valence-corrected chi connectivity index (χ2v) is 5.92. The standard InChI is InChI=1S/C15H19ClN2O2/c1-17-12(9-15(19)18-6-2-3-7-18)10-20-14-5-4-11(16)8-13(14)17/h4-5,8,12H,2-3,6-7,9-10H2,1H3/t12-/m0/s1. The van der Waals surface area contributed by atoms with Crippen LogP contribution in [0.4, 0.5) is 5.69 Å². The van der Waals surface area contributed by atoms with Crippen LogP contribution in [0.25, 0.3) is 0 Å². The third kappa shape index (κ3) is 2.57. The molecule has 3 rings (SSSR count). The molecule has 0 unspecified atom stereocenters. The van der Waals surface area contributed by atoms with Crippen LogP contribution < -0.4 is 9.64 Å². The molecule has 1 aromatic carbocycles. The first-order valence-corrected chi connectivity index (χ1v) is 7.46. The summed E-state index contributed by atoms with van der Waals surface area (Å²) in [5.74, 6) is 1.06. The maximum absolute atomic E-state index is 12.3. The minimum atomic E-state index is 0.0778. The zero-order valence-corrected chi connectivity index (χ0v) is 12.4. The van der Waals surface area contributed by atoms with Crippen LogP contribution in [0.15, 0.2) is 18.2 Å². The number of benzene rings is 1. The number of likely N-dealkylation sites (N-methyl/N-ethyl adjacent to an activating group) is 1. The summed E-state index contributed by atoms with van der Waals surface area (Å²) in [5, 5.41) is 0.686. The molecule has 0 N–H and O–H groups in total. The van der Waals surface area contributed by atoms with Gasteiger partial charge >= 0.3 is 0 Å². The molecular weight excluding hydrogens is 276 g/mol. The van der Waals surface area contributed by atoms with Gasteiger partial charge in [-0.05, 0) is 31.0 Å². The van der Waals surface area contributed by atoms with E-state index in [-0.39, 0.29) is 11.9 Å². The molecule has 1 aromatic rings. The Bertz CT molecular complexity index is 515. The minimum Gasteiger partial charge on any atom is -0.489 e. The Balaban J connectivity index is 1.71. The second kappa shape index (κ2) is 5.52. The molecule has 2 aliphatic rings. The summed E-state index contributed by atoms with van der Waals surface area (Å²) in [6.45, 7) is 2.35. The average molecular weight is 295 g/mol. The highest BCUT2D eigenvalue weighted by Crippen LogP contribution is 2.35. The first kappa shape index (κ1) is 13.6. The van der Waals surface area contributed by atoms with E-state index in [1.54, 1.807) is 0 Å². The van der Waals surface area contributed by atoms with E-state index in [9.17, 15) is 4.79 Å². The van der Waals surface area contributed by atoms with Crippen LogP contribution >= 0.6 is 11.6 Å². The number of hydrogen-bond donors (Lipinski definition) is 0. The zero-order valence-electron chi connectivity index (χ0n) is 11.6. The Hall–Kier alpha value is -1.42. The summed E-state index contributed by atoms with van der Waals surface area (Å²) in [4.78, 5) is 16.3. The number of carbonyl (C=O) groups excluding carboxylic acids is 1. The molecule has 0 aliphatic carbocycles. The monoisotopic (exact) mass is 294 g/mol. The molecule has 1 amide bonds. The van der Waals surface area contributed by atoms with Gasteiger partial charge < -0.3 is 14.5 Å². The molecule has 2 heterocycles. The molecule has 20 heavy (non-hydrogen) atoms. The molecule has 0 radical (unpaired) electrons. The molecular formula is C15H19ClN2O2. The lowest BCUT2D eigenvalue weighted by atomic mass is 10.1. The van der Waals surface area contributed by atoms with E-state index >= 15 is 0 Å². The van der Waals surface area contributed by atoms with E-state index in [1.165, 1.54) is 0 Å². The van der Waals surface area contributed by atoms with Crippen molar-refractivity contribution in [2.75, 3.05) is 31.6 Å². The van der Waals surface area contributed by atoms with Crippen molar-refractivity contribution in [2.24, 2.45) is 0 Å². The molecule has 1 atom stereocenters. The number of fused-ring (bicyclic) bond motifs is 1. The number of ether oxygens (including phenoxy) is 1. The van der Waals surface area contributed by atoms with Crippen LogP contribution in [0.3, 0.4) is 0 Å². The van der Waals surface area contributed by atoms with Crippen LogP contribution in [0.2, 0.25) is 5.02 Å². The van der Waals surface area contributed by atoms with Crippen LogP contribution in [-0.4, -0.2) is 43.6 Å². The number of rotatable bonds is 2. The number of amides is 1. The predicted octanol–water partition coefficient (Wildman–Crippen LogP) is 2.55. The third-order valence-electron chi connectivity index (χ3n) is 4.15. The van der Waals surface area contributed by atoms with Gasteiger partial charge in [0.1, 0.15) is 12.4 Å². The second-order valence-electron chi connectivity index (χ2n) is 5.48. The van der Waals surface area contributed by atoms with Crippen LogP contribution in [-0.2, 0) is 4.79 Å². The van der Waals surface area contributed by atoms with E-state index in [1.807, 2.05) is 30.1 Å². The van der Waals surface area contributed by atoms with Crippen LogP contribution in [0.1, 0.15) is 19.3 Å². The molecule has 0 saturated carbocycles. The lowest BCUT2D eigenvalue weighted by Gasteiger charge is -2.36. The van der Waals surface area contributed by atoms with Gasteiger partial charge in [-0.3, -0.25) is 4.79 Å². The van der Waals surface area contributed by atoms with Crippen molar-refractivity contribution in [3.05, 3.63) is 23.2 Å². The SMILES string of the molecule is CN1c2cc(Cl)ccc2OC[C@@H]1CC(=O)N1CCCC1. The fourth-order valence-corrected chi connectivity index (χ4v) is 3.04. The maximum atomic E-state index is 12.3. The van der Waals surface area contributed by atoms with Crippen molar-refractivity contribution in [1.82, 2.24) is 4.90 Å². The topological polar surface area (TPSA) is 32.8 Å². The first-order valence-electron chi connectivity index (χ1n) is 7.08. The Morgan fingerprint density at radius 1 is 1.40 bits per heavy atom. The van der Waals surface area contributed by atoms with E-state index in [0.717, 1.165) is 37.4 Å². The van der Waals surface area contributed by atoms with Crippen molar-refractivity contribution in [1.29, 1.82) is 0 Å². The molecule has 1 saturated heterocycles. The summed E-state index contributed by atoms with van der Waals surface area (Å²) in [6.07, 6.45) is 2.75. The van der Waals surface area contributed by atoms with E-state index in [4.69, 9.17) is 16.3 Å². The predicted molar refractivity (Wildman–Crippen MR) is 79.6 cm³/mol. The lowest BCUT2D eigenvalue weighted by Crippen LogP contribution is -2.44. The molecule has 2 aliphatic heterocycles. The van der Waals surface area contributed by atoms with Gasteiger partial charge in [0.25, 0.3) is 0 Å². The Kier molecular flexibility index (Phi) is 3.74. The number of nitrogens with zero attached hydrogens (tertiary/aromatic N) is 2. The third-order valence-corrected chi connectivity index (χ3v) is 4.38. The summed E-state index contributed by atoms with van der Waals surface area (Å²) in [7, 11) is 2.00. The quantitative estimate of drug-likeness (QED) is 0.840. The van der Waals surface area contributed by atoms with Crippen molar-refractivity contribution >= 4 is 23.2 Å². The van der Waals surface area contributed by atoms with Crippen LogP contribution in [0.5, 0.6) is 5.75 Å². The van der Waals surface area contributed by atoms with Gasteiger partial charge in [0.2, 0.25) is 5.91 Å². The van der Waals surface area contributed by atoms with Crippen LogP contribution in [0, 0.1) is 0 Å². The number of halogens is 1. The van der Waals surface area contributed by atoms with Gasteiger partial charge in [-0.2, -0.15) is 0 Å². The van der Waals surface area contributed by atoms with Gasteiger partial charge in [-0.1, -0.05) is 11.6 Å². The normalized spacial score (nSPS) is 21.6. The number of anilines is 1. The molecule has 1 fully saturated rings. The molecule has 0 bridgehead atoms. The average Bonchev–Trinajstić information content (AvgIpc) is 2.96. The van der Waals surface area contributed by atoms with Gasteiger partial charge in [0, 0.05) is 25.2 Å². The highest BCUT2D eigenvalue weighted by atomic mass is 35.5. The molecule has 0 spiro atoms. The molecule has 108 valence electrons. The lowest BCUT2D eigenvalue weighted by molar-refractivity contribution is -0.130. The summed E-state index contributed by atoms with van der Waals surface area (Å²) in [5.41, 5.74) is 0.961. The first-order chi connectivity index (χ1) is 9.65. The summed E-state index contributed by atoms with van der Waals surface area (Å²) in [6, 6.07) is 5.68. The van der Waals surface area contributed by atoms with E-state index < -0.39 is 0 Å². The number of hydrogen-bond acceptors (Lipinski definition) is 3. The van der Waals surface area contributed by atoms with Gasteiger partial charge in [-0.25, -0.2) is 0 Å². The maximum Gasteiger partial charge on any atom is 0.224 e. The molecule has 0 aromatic heterocycles. The summed E-state index contributed by atoms with van der Waals surface area (Å²) < 4.78 is 5.75. The van der Waals surface area contributed by atoms with Gasteiger partial charge in [0.15, 0.2) is 0 Å². The Labute approximate surface area is 124 Å². The van der Waals surface area contributed by atoms with Gasteiger partial charge in [0.05, 0.1) is 18.2 Å². The number of likely N-dealkylation sites (tertiary alicyclic amines) is 1. The highest BCUT2D eigenvalue weighted by Gasteiger charge is 2.29. The Morgan fingerprint density at radius 2 is 2.15 bits per heavy atom. The number of carbonyl (C=O) groups is 1. The largest absolute Gasteiger partial charge is 0.489 e. The van der Waals surface area contributed by atoms with Crippen molar-refractivity contribution in [2.45, 2.75) is 25.3 Å². The Morgan fingerprint density at radius 3 is 2.90 bits per heavy atom. The highest BCUT2D eigenvalue weighted by molar-refractivity contribution is 6.30. The fourth-order valence-electron chi connectivity index (χ4n) is 2.88. The summed E-state index contributed by atoms with van der Waals surface area (Å²) >= 11 is 6.04. The minimum absolute atomic E-state index is 0.0778. The van der Waals surface area contributed by atoms with Crippen molar-refractivity contribution in [3.8, 4) is 5.75 Å². The molecule has 5 heteroatoms. The smallest absolute Gasteiger partial charge is 0.224 e. The van der Waals surface area contributed by atoms with E-state index in [0.29, 0.717) is 18.1 Å². The van der Waals surface area contributed by atoms with Crippen molar-refractivity contribution < 1.29 is 9.53 Å². The fraction of sp³-hybridized carbons (Fsp3) is 0.533. The molecule has 4 nitrogen and oxygen atoms in total. The van der Waals surface area contributed by atoms with E-state index in [2.05, 4.69) is 4.90 Å².